The molecule has 0 N–H and O–H groups in total. The van der Waals surface area contributed by atoms with Gasteiger partial charge in [0.25, 0.3) is 0 Å². The first-order valence-corrected chi connectivity index (χ1v) is 4.23. The van der Waals surface area contributed by atoms with Crippen LogP contribution in [-0.4, -0.2) is 31.7 Å². The molecule has 0 atom stereocenters. The van der Waals surface area contributed by atoms with Crippen molar-refractivity contribution in [3.63, 3.8) is 0 Å². The monoisotopic (exact) mass is 150 g/mol. The molecule has 0 aromatic rings. The third kappa shape index (κ3) is 3.65. The van der Waals surface area contributed by atoms with E-state index in [4.69, 9.17) is 0 Å². The fourth-order valence-corrected chi connectivity index (χ4v) is 2.30. The Balaban J connectivity index is 0. The second-order valence-electron chi connectivity index (χ2n) is 5.09. The van der Waals surface area contributed by atoms with E-state index in [1.807, 2.05) is 0 Å². The Kier molecular flexibility index (Phi) is 3.70. The van der Waals surface area contributed by atoms with Crippen LogP contribution in [0.1, 0.15) is 28.1 Å². The molecule has 0 unspecified atom stereocenters. The summed E-state index contributed by atoms with van der Waals surface area (Å²) in [4.78, 5) is 0. The van der Waals surface area contributed by atoms with Gasteiger partial charge in [-0.25, -0.2) is 0 Å². The number of rotatable bonds is 0. The van der Waals surface area contributed by atoms with Gasteiger partial charge in [0, 0.05) is 5.41 Å². The Morgan fingerprint density at radius 1 is 1.27 bits per heavy atom. The minimum absolute atomic E-state index is 0. The van der Waals surface area contributed by atoms with Crippen LogP contribution in [-0.2, 0) is 0 Å². The van der Waals surface area contributed by atoms with Crippen molar-refractivity contribution >= 4 is 0 Å². The van der Waals surface area contributed by atoms with Crippen molar-refractivity contribution in [1.82, 2.24) is 0 Å². The van der Waals surface area contributed by atoms with Crippen LogP contribution < -0.4 is 18.9 Å². The largest absolute Gasteiger partial charge is 1.00 e. The standard InChI is InChI=1S/C9H20N.Li.H/c1-9(2)6-5-7-10(3,4)8-9;;/h5-8H2,1-4H3;;/q2*+1;-1. The van der Waals surface area contributed by atoms with E-state index < -0.39 is 0 Å². The molecule has 1 rings (SSSR count). The quantitative estimate of drug-likeness (QED) is 0.307. The Bertz CT molecular complexity index is 120. The van der Waals surface area contributed by atoms with Crippen molar-refractivity contribution in [1.29, 1.82) is 0 Å². The summed E-state index contributed by atoms with van der Waals surface area (Å²) in [7, 11) is 4.67. The summed E-state index contributed by atoms with van der Waals surface area (Å²) in [5.74, 6) is 0. The van der Waals surface area contributed by atoms with E-state index in [-0.39, 0.29) is 20.3 Å². The summed E-state index contributed by atoms with van der Waals surface area (Å²) >= 11 is 0. The number of likely N-dealkylation sites (tertiary alicyclic amines) is 1. The molecule has 1 saturated heterocycles. The number of hydrogen-bond donors (Lipinski definition) is 0. The van der Waals surface area contributed by atoms with Crippen molar-refractivity contribution in [2.24, 2.45) is 5.41 Å². The molecule has 0 bridgehead atoms. The van der Waals surface area contributed by atoms with Gasteiger partial charge < -0.3 is 5.91 Å². The van der Waals surface area contributed by atoms with E-state index in [1.54, 1.807) is 0 Å². The molecular formula is C9H21LiN+. The fraction of sp³-hybridized carbons (Fsp3) is 1.00. The minimum atomic E-state index is 0. The Hall–Kier alpha value is 0.557. The number of quaternary nitrogens is 1. The molecule has 1 heterocycles. The van der Waals surface area contributed by atoms with Crippen molar-refractivity contribution in [3.8, 4) is 0 Å². The van der Waals surface area contributed by atoms with Gasteiger partial charge in [-0.05, 0) is 12.8 Å². The van der Waals surface area contributed by atoms with E-state index in [1.165, 1.54) is 30.4 Å². The molecule has 0 aromatic carbocycles. The van der Waals surface area contributed by atoms with E-state index in [9.17, 15) is 0 Å². The molecule has 1 fully saturated rings. The Morgan fingerprint density at radius 2 is 1.82 bits per heavy atom. The summed E-state index contributed by atoms with van der Waals surface area (Å²) in [5, 5.41) is 0. The first-order chi connectivity index (χ1) is 4.41. The molecule has 0 saturated carbocycles. The van der Waals surface area contributed by atoms with Crippen LogP contribution in [0.5, 0.6) is 0 Å². The molecule has 1 nitrogen and oxygen atoms in total. The number of piperidine rings is 1. The Labute approximate surface area is 84.4 Å². The van der Waals surface area contributed by atoms with Gasteiger partial charge in [0.15, 0.2) is 0 Å². The predicted octanol–water partition coefficient (Wildman–Crippen LogP) is -1.00. The molecule has 0 spiro atoms. The van der Waals surface area contributed by atoms with Crippen molar-refractivity contribution in [2.75, 3.05) is 27.2 Å². The van der Waals surface area contributed by atoms with Crippen LogP contribution in [0.3, 0.4) is 0 Å². The van der Waals surface area contributed by atoms with Crippen LogP contribution in [0.25, 0.3) is 0 Å². The van der Waals surface area contributed by atoms with Crippen LogP contribution >= 0.6 is 0 Å². The summed E-state index contributed by atoms with van der Waals surface area (Å²) in [6, 6.07) is 0. The molecule has 0 radical (unpaired) electrons. The fourth-order valence-electron chi connectivity index (χ4n) is 2.30. The second kappa shape index (κ2) is 3.52. The second-order valence-corrected chi connectivity index (χ2v) is 5.09. The number of nitrogens with zero attached hydrogens (tertiary/aromatic N) is 1. The maximum Gasteiger partial charge on any atom is 1.00 e. The molecule has 1 aliphatic heterocycles. The van der Waals surface area contributed by atoms with Crippen LogP contribution in [0.15, 0.2) is 0 Å². The zero-order chi connectivity index (χ0) is 7.83. The maximum atomic E-state index is 2.38. The van der Waals surface area contributed by atoms with E-state index in [0.29, 0.717) is 5.41 Å². The van der Waals surface area contributed by atoms with Crippen molar-refractivity contribution in [2.45, 2.75) is 26.7 Å². The van der Waals surface area contributed by atoms with Gasteiger partial charge in [0.05, 0.1) is 27.2 Å². The predicted molar refractivity (Wildman–Crippen MR) is 46.0 cm³/mol. The smallest absolute Gasteiger partial charge is 1.00 e. The third-order valence-electron chi connectivity index (χ3n) is 2.47. The molecule has 62 valence electrons. The van der Waals surface area contributed by atoms with E-state index in [0.717, 1.165) is 0 Å². The number of hydrogen-bond acceptors (Lipinski definition) is 0. The SMILES string of the molecule is CC1(C)CCC[N+](C)(C)C1.[H-].[Li+]. The van der Waals surface area contributed by atoms with Crippen molar-refractivity contribution in [3.05, 3.63) is 0 Å². The summed E-state index contributed by atoms with van der Waals surface area (Å²) in [5.41, 5.74) is 0.585. The van der Waals surface area contributed by atoms with Crippen LogP contribution in [0.2, 0.25) is 0 Å². The maximum absolute atomic E-state index is 2.38. The van der Waals surface area contributed by atoms with Crippen LogP contribution in [0.4, 0.5) is 0 Å². The molecule has 1 aliphatic rings. The molecular weight excluding hydrogens is 129 g/mol. The zero-order valence-electron chi connectivity index (χ0n) is 9.78. The van der Waals surface area contributed by atoms with E-state index in [2.05, 4.69) is 27.9 Å². The normalized spacial score (nSPS) is 27.3. The third-order valence-corrected chi connectivity index (χ3v) is 2.47. The molecule has 0 aromatic heterocycles. The first kappa shape index (κ1) is 11.6. The molecule has 2 heteroatoms. The molecule has 0 amide bonds. The van der Waals surface area contributed by atoms with Gasteiger partial charge in [-0.15, -0.1) is 0 Å². The van der Waals surface area contributed by atoms with Gasteiger partial charge in [0.1, 0.15) is 0 Å². The van der Waals surface area contributed by atoms with Crippen LogP contribution in [0, 0.1) is 5.41 Å². The molecule has 0 aliphatic carbocycles. The molecule has 11 heavy (non-hydrogen) atoms. The van der Waals surface area contributed by atoms with Gasteiger partial charge in [-0.1, -0.05) is 13.8 Å². The van der Waals surface area contributed by atoms with Gasteiger partial charge in [0.2, 0.25) is 0 Å². The summed E-state index contributed by atoms with van der Waals surface area (Å²) < 4.78 is 1.22. The van der Waals surface area contributed by atoms with E-state index >= 15 is 0 Å². The minimum Gasteiger partial charge on any atom is -1.00 e. The van der Waals surface area contributed by atoms with Gasteiger partial charge in [-0.3, -0.25) is 0 Å². The van der Waals surface area contributed by atoms with Crippen molar-refractivity contribution < 1.29 is 24.8 Å². The Morgan fingerprint density at radius 3 is 2.09 bits per heavy atom. The van der Waals surface area contributed by atoms with Gasteiger partial charge >= 0.3 is 18.9 Å². The zero-order valence-corrected chi connectivity index (χ0v) is 8.78. The average molecular weight is 150 g/mol. The first-order valence-electron chi connectivity index (χ1n) is 4.23. The topological polar surface area (TPSA) is 0 Å². The summed E-state index contributed by atoms with van der Waals surface area (Å²) in [6.07, 6.45) is 2.81. The summed E-state index contributed by atoms with van der Waals surface area (Å²) in [6.45, 7) is 7.47. The van der Waals surface area contributed by atoms with Gasteiger partial charge in [-0.2, -0.15) is 0 Å². The average Bonchev–Trinajstić information content (AvgIpc) is 1.56.